The lowest BCUT2D eigenvalue weighted by molar-refractivity contribution is -0.117. The van der Waals surface area contributed by atoms with Gasteiger partial charge in [-0.3, -0.25) is 4.79 Å². The highest BCUT2D eigenvalue weighted by Crippen LogP contribution is 2.26. The summed E-state index contributed by atoms with van der Waals surface area (Å²) < 4.78 is 0. The minimum absolute atomic E-state index is 0. The Bertz CT molecular complexity index is 858. The van der Waals surface area contributed by atoms with Gasteiger partial charge in [0.15, 0.2) is 5.96 Å². The Hall–Kier alpha value is -1.51. The van der Waals surface area contributed by atoms with Crippen molar-refractivity contribution in [1.29, 1.82) is 0 Å². The number of anilines is 1. The van der Waals surface area contributed by atoms with E-state index in [2.05, 4.69) is 10.3 Å². The summed E-state index contributed by atoms with van der Waals surface area (Å²) in [6.07, 6.45) is 1.55. The highest BCUT2D eigenvalue weighted by atomic mass is 127. The van der Waals surface area contributed by atoms with Gasteiger partial charge in [-0.2, -0.15) is 0 Å². The van der Waals surface area contributed by atoms with Crippen LogP contribution in [0.2, 0.25) is 10.0 Å². The Labute approximate surface area is 192 Å². The topological polar surface area (TPSA) is 70.7 Å². The Kier molecular flexibility index (Phi) is 8.39. The van der Waals surface area contributed by atoms with Gasteiger partial charge in [-0.1, -0.05) is 41.4 Å². The molecule has 2 aromatic carbocycles. The van der Waals surface area contributed by atoms with Crippen molar-refractivity contribution in [2.75, 3.05) is 11.4 Å². The highest BCUT2D eigenvalue weighted by Gasteiger charge is 2.21. The SMILES string of the molecule is CC(NC(N)=NCc1ccc(N2CCCC2=O)cc1)c1ccc(Cl)cc1Cl.I. The Morgan fingerprint density at radius 2 is 1.96 bits per heavy atom. The zero-order valence-electron chi connectivity index (χ0n) is 15.5. The van der Waals surface area contributed by atoms with Gasteiger partial charge in [0.2, 0.25) is 5.91 Å². The zero-order valence-corrected chi connectivity index (χ0v) is 19.3. The maximum Gasteiger partial charge on any atom is 0.227 e. The predicted molar refractivity (Wildman–Crippen MR) is 127 cm³/mol. The summed E-state index contributed by atoms with van der Waals surface area (Å²) in [5, 5.41) is 4.32. The first-order chi connectivity index (χ1) is 12.9. The molecule has 1 amide bonds. The molecule has 1 aliphatic heterocycles. The van der Waals surface area contributed by atoms with Crippen LogP contribution in [0.15, 0.2) is 47.5 Å². The second-order valence-corrected chi connectivity index (χ2v) is 7.39. The number of hydrogen-bond acceptors (Lipinski definition) is 2. The van der Waals surface area contributed by atoms with Crippen LogP contribution in [-0.4, -0.2) is 18.4 Å². The summed E-state index contributed by atoms with van der Waals surface area (Å²) in [6.45, 7) is 3.20. The third kappa shape index (κ3) is 5.75. The van der Waals surface area contributed by atoms with E-state index in [1.165, 1.54) is 0 Å². The number of amides is 1. The maximum absolute atomic E-state index is 11.8. The van der Waals surface area contributed by atoms with Crippen LogP contribution in [0.4, 0.5) is 5.69 Å². The van der Waals surface area contributed by atoms with Gasteiger partial charge in [-0.25, -0.2) is 4.99 Å². The molecule has 3 rings (SSSR count). The number of nitrogens with two attached hydrogens (primary N) is 1. The first-order valence-corrected chi connectivity index (χ1v) is 9.60. The second kappa shape index (κ2) is 10.3. The van der Waals surface area contributed by atoms with Crippen molar-refractivity contribution in [1.82, 2.24) is 5.32 Å². The standard InChI is InChI=1S/C20H22Cl2N4O.HI/c1-13(17-9-6-15(21)11-18(17)22)25-20(23)24-12-14-4-7-16(8-5-14)26-10-2-3-19(26)27;/h4-9,11,13H,2-3,10,12H2,1H3,(H3,23,24,25);1H. The van der Waals surface area contributed by atoms with Gasteiger partial charge in [0.25, 0.3) is 0 Å². The van der Waals surface area contributed by atoms with Crippen LogP contribution in [0.25, 0.3) is 0 Å². The van der Waals surface area contributed by atoms with E-state index < -0.39 is 0 Å². The molecule has 0 bridgehead atoms. The summed E-state index contributed by atoms with van der Waals surface area (Å²) in [5.41, 5.74) is 8.86. The van der Waals surface area contributed by atoms with Crippen molar-refractivity contribution < 1.29 is 4.79 Å². The Morgan fingerprint density at radius 3 is 2.57 bits per heavy atom. The molecule has 150 valence electrons. The Morgan fingerprint density at radius 1 is 1.25 bits per heavy atom. The fourth-order valence-electron chi connectivity index (χ4n) is 3.08. The molecule has 1 saturated heterocycles. The molecule has 1 unspecified atom stereocenters. The molecule has 1 atom stereocenters. The maximum atomic E-state index is 11.8. The first-order valence-electron chi connectivity index (χ1n) is 8.85. The van der Waals surface area contributed by atoms with Gasteiger partial charge < -0.3 is 16.0 Å². The molecule has 1 aliphatic rings. The number of hydrogen-bond donors (Lipinski definition) is 2. The number of nitrogens with one attached hydrogen (secondary N) is 1. The van der Waals surface area contributed by atoms with Crippen molar-refractivity contribution in [3.8, 4) is 0 Å². The normalized spacial score (nSPS) is 15.3. The van der Waals surface area contributed by atoms with Crippen LogP contribution < -0.4 is 16.0 Å². The molecule has 2 aromatic rings. The minimum Gasteiger partial charge on any atom is -0.370 e. The molecule has 1 fully saturated rings. The average molecular weight is 533 g/mol. The van der Waals surface area contributed by atoms with Crippen molar-refractivity contribution in [3.63, 3.8) is 0 Å². The summed E-state index contributed by atoms with van der Waals surface area (Å²) in [4.78, 5) is 18.0. The van der Waals surface area contributed by atoms with Crippen LogP contribution in [0.5, 0.6) is 0 Å². The lowest BCUT2D eigenvalue weighted by atomic mass is 10.1. The Balaban J connectivity index is 0.00000280. The molecule has 28 heavy (non-hydrogen) atoms. The summed E-state index contributed by atoms with van der Waals surface area (Å²) in [7, 11) is 0. The highest BCUT2D eigenvalue weighted by molar-refractivity contribution is 14.0. The van der Waals surface area contributed by atoms with Crippen LogP contribution in [-0.2, 0) is 11.3 Å². The van der Waals surface area contributed by atoms with E-state index in [0.717, 1.165) is 29.8 Å². The summed E-state index contributed by atoms with van der Waals surface area (Å²) in [5.74, 6) is 0.524. The van der Waals surface area contributed by atoms with Gasteiger partial charge in [-0.05, 0) is 48.7 Å². The largest absolute Gasteiger partial charge is 0.370 e. The number of aliphatic imine (C=N–C) groups is 1. The lowest BCUT2D eigenvalue weighted by Gasteiger charge is -2.17. The summed E-state index contributed by atoms with van der Waals surface area (Å²) >= 11 is 12.2. The first kappa shape index (κ1) is 22.8. The fourth-order valence-corrected chi connectivity index (χ4v) is 3.65. The quantitative estimate of drug-likeness (QED) is 0.327. The zero-order chi connectivity index (χ0) is 19.4. The molecule has 0 spiro atoms. The van der Waals surface area contributed by atoms with Crippen molar-refractivity contribution in [2.24, 2.45) is 10.7 Å². The van der Waals surface area contributed by atoms with Gasteiger partial charge in [0, 0.05) is 28.7 Å². The van der Waals surface area contributed by atoms with Gasteiger partial charge >= 0.3 is 0 Å². The van der Waals surface area contributed by atoms with Crippen LogP contribution in [0.3, 0.4) is 0 Å². The number of guanidine groups is 1. The number of carbonyl (C=O) groups is 1. The predicted octanol–water partition coefficient (Wildman–Crippen LogP) is 4.90. The molecule has 0 aromatic heterocycles. The van der Waals surface area contributed by atoms with Crippen LogP contribution in [0.1, 0.15) is 36.9 Å². The summed E-state index contributed by atoms with van der Waals surface area (Å²) in [6, 6.07) is 13.1. The molecule has 0 radical (unpaired) electrons. The monoisotopic (exact) mass is 532 g/mol. The van der Waals surface area contributed by atoms with Gasteiger partial charge in [0.05, 0.1) is 12.6 Å². The van der Waals surface area contributed by atoms with E-state index in [4.69, 9.17) is 28.9 Å². The van der Waals surface area contributed by atoms with E-state index in [1.54, 1.807) is 12.1 Å². The average Bonchev–Trinajstić information content (AvgIpc) is 3.06. The number of rotatable bonds is 5. The molecule has 0 saturated carbocycles. The van der Waals surface area contributed by atoms with Gasteiger partial charge in [-0.15, -0.1) is 24.0 Å². The lowest BCUT2D eigenvalue weighted by Crippen LogP contribution is -2.34. The van der Waals surface area contributed by atoms with Crippen molar-refractivity contribution in [2.45, 2.75) is 32.4 Å². The number of carbonyl (C=O) groups excluding carboxylic acids is 1. The number of halogens is 3. The fraction of sp³-hybridized carbons (Fsp3) is 0.300. The molecule has 3 N–H and O–H groups in total. The molecule has 5 nitrogen and oxygen atoms in total. The number of benzene rings is 2. The van der Waals surface area contributed by atoms with Crippen LogP contribution in [0, 0.1) is 0 Å². The van der Waals surface area contributed by atoms with E-state index >= 15 is 0 Å². The third-order valence-corrected chi connectivity index (χ3v) is 5.11. The molecular weight excluding hydrogens is 510 g/mol. The van der Waals surface area contributed by atoms with Gasteiger partial charge in [0.1, 0.15) is 0 Å². The molecule has 1 heterocycles. The van der Waals surface area contributed by atoms with Crippen molar-refractivity contribution in [3.05, 3.63) is 63.6 Å². The van der Waals surface area contributed by atoms with E-state index in [9.17, 15) is 4.79 Å². The molecule has 8 heteroatoms. The van der Waals surface area contributed by atoms with E-state index in [-0.39, 0.29) is 35.9 Å². The smallest absolute Gasteiger partial charge is 0.227 e. The third-order valence-electron chi connectivity index (χ3n) is 4.55. The number of nitrogens with zero attached hydrogens (tertiary/aromatic N) is 2. The second-order valence-electron chi connectivity index (χ2n) is 6.55. The van der Waals surface area contributed by atoms with E-state index in [0.29, 0.717) is 29.0 Å². The van der Waals surface area contributed by atoms with Crippen molar-refractivity contribution >= 4 is 64.7 Å². The van der Waals surface area contributed by atoms with E-state index in [1.807, 2.05) is 42.2 Å². The minimum atomic E-state index is -0.0953. The molecule has 0 aliphatic carbocycles. The molecular formula is C20H23Cl2IN4O. The van der Waals surface area contributed by atoms with Crippen LogP contribution >= 0.6 is 47.2 Å².